The van der Waals surface area contributed by atoms with Gasteiger partial charge in [-0.05, 0) is 12.5 Å². The number of nitrogens with one attached hydrogen (secondary N) is 2. The van der Waals surface area contributed by atoms with Crippen molar-refractivity contribution in [2.75, 3.05) is 6.54 Å². The van der Waals surface area contributed by atoms with Gasteiger partial charge in [-0.1, -0.05) is 0 Å². The molecule has 0 aliphatic carbocycles. The average molecular weight is 249 g/mol. The lowest BCUT2D eigenvalue weighted by Crippen LogP contribution is -2.37. The fraction of sp³-hybridized carbons (Fsp3) is 0.455. The van der Waals surface area contributed by atoms with Crippen molar-refractivity contribution >= 4 is 17.5 Å². The Bertz CT molecular complexity index is 452. The zero-order valence-electron chi connectivity index (χ0n) is 9.93. The topological polar surface area (TPSA) is 88.4 Å². The van der Waals surface area contributed by atoms with Crippen LogP contribution in [-0.2, 0) is 16.1 Å². The predicted molar refractivity (Wildman–Crippen MR) is 64.7 cm³/mol. The first kappa shape index (κ1) is 12.3. The molecule has 0 saturated carbocycles. The van der Waals surface area contributed by atoms with E-state index < -0.39 is 0 Å². The van der Waals surface area contributed by atoms with Gasteiger partial charge in [-0.3, -0.25) is 14.3 Å². The number of amides is 2. The van der Waals surface area contributed by atoms with Gasteiger partial charge in [0.2, 0.25) is 5.91 Å². The number of hydrogen-bond acceptors (Lipinski definition) is 4. The van der Waals surface area contributed by atoms with Gasteiger partial charge in [0.05, 0.1) is 0 Å². The minimum absolute atomic E-state index is 0.148. The standard InChI is InChI=1S/C11H15N5O2/c17-10-4-3-9(14-15-10)11(18)12-5-1-7-16-8-2-6-13-16/h2,6,8H,1,3-5,7H2,(H,12,18)(H,15,17). The minimum atomic E-state index is -0.213. The molecule has 0 saturated heterocycles. The van der Waals surface area contributed by atoms with Crippen LogP contribution in [0.1, 0.15) is 19.3 Å². The molecule has 1 aliphatic heterocycles. The van der Waals surface area contributed by atoms with Crippen molar-refractivity contribution in [1.82, 2.24) is 20.5 Å². The lowest BCUT2D eigenvalue weighted by atomic mass is 10.1. The van der Waals surface area contributed by atoms with Crippen molar-refractivity contribution in [2.45, 2.75) is 25.8 Å². The Morgan fingerprint density at radius 2 is 2.39 bits per heavy atom. The third-order valence-corrected chi connectivity index (χ3v) is 2.58. The molecular weight excluding hydrogens is 234 g/mol. The first-order valence-corrected chi connectivity index (χ1v) is 5.87. The SMILES string of the molecule is O=C1CCC(C(=O)NCCCn2cccn2)=NN1. The molecular formula is C11H15N5O2. The highest BCUT2D eigenvalue weighted by atomic mass is 16.2. The van der Waals surface area contributed by atoms with E-state index in [2.05, 4.69) is 20.9 Å². The quantitative estimate of drug-likeness (QED) is 0.699. The predicted octanol–water partition coefficient (Wildman–Crippen LogP) is -0.345. The van der Waals surface area contributed by atoms with Crippen LogP contribution in [0.25, 0.3) is 0 Å². The Balaban J connectivity index is 1.67. The van der Waals surface area contributed by atoms with Crippen LogP contribution in [0.15, 0.2) is 23.6 Å². The monoisotopic (exact) mass is 249 g/mol. The van der Waals surface area contributed by atoms with Gasteiger partial charge in [0.15, 0.2) is 0 Å². The minimum Gasteiger partial charge on any atom is -0.351 e. The van der Waals surface area contributed by atoms with Gasteiger partial charge in [0, 0.05) is 38.3 Å². The third-order valence-electron chi connectivity index (χ3n) is 2.58. The van der Waals surface area contributed by atoms with Crippen molar-refractivity contribution in [3.05, 3.63) is 18.5 Å². The Kier molecular flexibility index (Phi) is 4.06. The van der Waals surface area contributed by atoms with Gasteiger partial charge in [-0.2, -0.15) is 10.2 Å². The number of aryl methyl sites for hydroxylation is 1. The summed E-state index contributed by atoms with van der Waals surface area (Å²) >= 11 is 0. The number of nitrogens with zero attached hydrogens (tertiary/aromatic N) is 3. The van der Waals surface area contributed by atoms with Crippen molar-refractivity contribution in [1.29, 1.82) is 0 Å². The van der Waals surface area contributed by atoms with E-state index in [0.29, 0.717) is 25.1 Å². The van der Waals surface area contributed by atoms with Crippen LogP contribution >= 0.6 is 0 Å². The van der Waals surface area contributed by atoms with Crippen LogP contribution in [0, 0.1) is 0 Å². The van der Waals surface area contributed by atoms with Crippen LogP contribution in [0.4, 0.5) is 0 Å². The Morgan fingerprint density at radius 3 is 3.06 bits per heavy atom. The maximum atomic E-state index is 11.7. The summed E-state index contributed by atoms with van der Waals surface area (Å²) in [5.74, 6) is -0.360. The second-order valence-corrected chi connectivity index (χ2v) is 3.97. The molecule has 7 nitrogen and oxygen atoms in total. The molecule has 0 aromatic carbocycles. The molecule has 1 aromatic rings. The van der Waals surface area contributed by atoms with Crippen LogP contribution in [0.5, 0.6) is 0 Å². The largest absolute Gasteiger partial charge is 0.351 e. The van der Waals surface area contributed by atoms with E-state index in [1.807, 2.05) is 16.9 Å². The van der Waals surface area contributed by atoms with E-state index in [1.54, 1.807) is 6.20 Å². The van der Waals surface area contributed by atoms with Crippen molar-refractivity contribution in [3.63, 3.8) is 0 Å². The van der Waals surface area contributed by atoms with E-state index >= 15 is 0 Å². The molecule has 1 aromatic heterocycles. The lowest BCUT2D eigenvalue weighted by Gasteiger charge is -2.11. The first-order chi connectivity index (χ1) is 8.75. The van der Waals surface area contributed by atoms with Gasteiger partial charge in [-0.15, -0.1) is 0 Å². The summed E-state index contributed by atoms with van der Waals surface area (Å²) in [5, 5.41) is 10.6. The summed E-state index contributed by atoms with van der Waals surface area (Å²) in [6, 6.07) is 1.86. The Morgan fingerprint density at radius 1 is 1.50 bits per heavy atom. The van der Waals surface area contributed by atoms with Gasteiger partial charge < -0.3 is 5.32 Å². The van der Waals surface area contributed by atoms with Gasteiger partial charge in [0.25, 0.3) is 5.91 Å². The van der Waals surface area contributed by atoms with E-state index in [1.165, 1.54) is 0 Å². The molecule has 1 aliphatic rings. The molecule has 2 heterocycles. The highest BCUT2D eigenvalue weighted by Gasteiger charge is 2.17. The number of aromatic nitrogens is 2. The van der Waals surface area contributed by atoms with Crippen molar-refractivity contribution in [2.24, 2.45) is 5.10 Å². The lowest BCUT2D eigenvalue weighted by molar-refractivity contribution is -0.121. The summed E-state index contributed by atoms with van der Waals surface area (Å²) in [7, 11) is 0. The molecule has 0 unspecified atom stereocenters. The zero-order valence-corrected chi connectivity index (χ0v) is 9.93. The number of carbonyl (C=O) groups is 2. The molecule has 0 radical (unpaired) electrons. The highest BCUT2D eigenvalue weighted by Crippen LogP contribution is 1.99. The first-order valence-electron chi connectivity index (χ1n) is 5.87. The van der Waals surface area contributed by atoms with Crippen molar-refractivity contribution < 1.29 is 9.59 Å². The van der Waals surface area contributed by atoms with E-state index in [4.69, 9.17) is 0 Å². The molecule has 0 spiro atoms. The Hall–Kier alpha value is -2.18. The number of hydrogen-bond donors (Lipinski definition) is 2. The maximum Gasteiger partial charge on any atom is 0.267 e. The van der Waals surface area contributed by atoms with E-state index in [0.717, 1.165) is 13.0 Å². The summed E-state index contributed by atoms with van der Waals surface area (Å²) in [5.41, 5.74) is 2.68. The van der Waals surface area contributed by atoms with Gasteiger partial charge >= 0.3 is 0 Å². The summed E-state index contributed by atoms with van der Waals surface area (Å²) < 4.78 is 1.81. The van der Waals surface area contributed by atoms with Crippen LogP contribution in [0.2, 0.25) is 0 Å². The molecule has 18 heavy (non-hydrogen) atoms. The van der Waals surface area contributed by atoms with Crippen molar-refractivity contribution in [3.8, 4) is 0 Å². The van der Waals surface area contributed by atoms with Gasteiger partial charge in [-0.25, -0.2) is 5.43 Å². The number of rotatable bonds is 5. The number of carbonyl (C=O) groups excluding carboxylic acids is 2. The molecule has 96 valence electrons. The summed E-state index contributed by atoms with van der Waals surface area (Å²) in [6.07, 6.45) is 5.12. The van der Waals surface area contributed by atoms with E-state index in [-0.39, 0.29) is 11.8 Å². The fourth-order valence-electron chi connectivity index (χ4n) is 1.62. The number of hydrazone groups is 1. The van der Waals surface area contributed by atoms with Crippen LogP contribution in [0.3, 0.4) is 0 Å². The normalized spacial score (nSPS) is 14.9. The Labute approximate surface area is 104 Å². The molecule has 0 bridgehead atoms. The summed E-state index contributed by atoms with van der Waals surface area (Å²) in [4.78, 5) is 22.5. The smallest absolute Gasteiger partial charge is 0.267 e. The molecule has 7 heteroatoms. The second-order valence-electron chi connectivity index (χ2n) is 3.97. The molecule has 2 N–H and O–H groups in total. The molecule has 0 atom stereocenters. The van der Waals surface area contributed by atoms with Gasteiger partial charge in [0.1, 0.15) is 5.71 Å². The molecule has 2 rings (SSSR count). The van der Waals surface area contributed by atoms with Crippen LogP contribution in [-0.4, -0.2) is 33.9 Å². The third kappa shape index (κ3) is 3.41. The maximum absolute atomic E-state index is 11.7. The van der Waals surface area contributed by atoms with E-state index in [9.17, 15) is 9.59 Å². The molecule has 2 amide bonds. The highest BCUT2D eigenvalue weighted by molar-refractivity contribution is 6.39. The second kappa shape index (κ2) is 5.95. The average Bonchev–Trinajstić information content (AvgIpc) is 2.88. The van der Waals surface area contributed by atoms with Crippen LogP contribution < -0.4 is 10.7 Å². The zero-order chi connectivity index (χ0) is 12.8. The fourth-order valence-corrected chi connectivity index (χ4v) is 1.62. The molecule has 0 fully saturated rings. The summed E-state index contributed by atoms with van der Waals surface area (Å²) in [6.45, 7) is 1.32.